The molecule has 1 saturated carbocycles. The number of rotatable bonds is 43. The van der Waals surface area contributed by atoms with Gasteiger partial charge in [0.25, 0.3) is 0 Å². The van der Waals surface area contributed by atoms with Crippen LogP contribution in [-0.4, -0.2) is 98.3 Å². The maximum absolute atomic E-state index is 12.8. The van der Waals surface area contributed by atoms with Crippen molar-refractivity contribution in [3.8, 4) is 0 Å². The summed E-state index contributed by atoms with van der Waals surface area (Å²) < 4.78 is 33.6. The van der Waals surface area contributed by atoms with E-state index in [4.69, 9.17) is 18.5 Å². The number of allylic oxidation sites excluding steroid dienone is 2. The van der Waals surface area contributed by atoms with E-state index in [1.54, 1.807) is 0 Å². The average Bonchev–Trinajstić information content (AvgIpc) is 3.26. The highest BCUT2D eigenvalue weighted by atomic mass is 31.2. The van der Waals surface area contributed by atoms with Crippen molar-refractivity contribution in [1.82, 2.24) is 0 Å². The first kappa shape index (κ1) is 59.6. The van der Waals surface area contributed by atoms with Gasteiger partial charge >= 0.3 is 19.8 Å². The molecular weight excluding hydrogens is 827 g/mol. The molecule has 0 bridgehead atoms. The molecule has 0 aromatic heterocycles. The van der Waals surface area contributed by atoms with Crippen molar-refractivity contribution in [2.24, 2.45) is 0 Å². The lowest BCUT2D eigenvalue weighted by Gasteiger charge is -2.41. The van der Waals surface area contributed by atoms with E-state index in [0.717, 1.165) is 51.4 Å². The van der Waals surface area contributed by atoms with E-state index in [-0.39, 0.29) is 12.8 Å². The van der Waals surface area contributed by atoms with Gasteiger partial charge in [-0.3, -0.25) is 18.6 Å². The predicted octanol–water partition coefficient (Wildman–Crippen LogP) is 10.6. The summed E-state index contributed by atoms with van der Waals surface area (Å²) in [7, 11) is -5.12. The van der Waals surface area contributed by atoms with Gasteiger partial charge in [0, 0.05) is 12.8 Å². The first-order valence-electron chi connectivity index (χ1n) is 25.5. The first-order chi connectivity index (χ1) is 30.4. The highest BCUT2D eigenvalue weighted by molar-refractivity contribution is 7.47. The Morgan fingerprint density at radius 2 is 0.810 bits per heavy atom. The molecule has 0 aliphatic heterocycles. The molecule has 8 atom stereocenters. The normalized spacial score (nSPS) is 21.7. The Labute approximate surface area is 382 Å². The maximum atomic E-state index is 12.8. The number of hydrogen-bond donors (Lipinski definition) is 6. The Kier molecular flexibility index (Phi) is 37.6. The number of aliphatic hydroxyl groups excluding tert-OH is 5. The van der Waals surface area contributed by atoms with Gasteiger partial charge in [0.2, 0.25) is 0 Å². The van der Waals surface area contributed by atoms with Gasteiger partial charge < -0.3 is 39.9 Å². The SMILES string of the molecule is CCCCCCCC/C=C\CCCCCCCCCC(=O)OC[C@H](COP(=O)(O)OC1C(O)C(O)C(O)[C@@H](O)C1O)OC(=O)CCCCCCCCCCCCCCCCCCC. The lowest BCUT2D eigenvalue weighted by atomic mass is 9.85. The number of carbonyl (C=O) groups excluding carboxylic acids is 2. The monoisotopic (exact) mass is 921 g/mol. The molecule has 0 saturated heterocycles. The minimum absolute atomic E-state index is 0.102. The van der Waals surface area contributed by atoms with E-state index in [9.17, 15) is 44.6 Å². The number of esters is 2. The number of phosphoric ester groups is 1. The van der Waals surface area contributed by atoms with Crippen molar-refractivity contribution in [2.45, 2.75) is 275 Å². The van der Waals surface area contributed by atoms with E-state index in [1.807, 2.05) is 0 Å². The maximum Gasteiger partial charge on any atom is 0.472 e. The summed E-state index contributed by atoms with van der Waals surface area (Å²) >= 11 is 0. The highest BCUT2D eigenvalue weighted by Gasteiger charge is 2.51. The molecule has 14 heteroatoms. The van der Waals surface area contributed by atoms with Crippen molar-refractivity contribution in [3.63, 3.8) is 0 Å². The summed E-state index contributed by atoms with van der Waals surface area (Å²) in [5.41, 5.74) is 0. The minimum Gasteiger partial charge on any atom is -0.462 e. The largest absolute Gasteiger partial charge is 0.472 e. The van der Waals surface area contributed by atoms with Crippen molar-refractivity contribution in [1.29, 1.82) is 0 Å². The summed E-state index contributed by atoms with van der Waals surface area (Å²) in [6, 6.07) is 0. The Morgan fingerprint density at radius 1 is 0.476 bits per heavy atom. The average molecular weight is 921 g/mol. The van der Waals surface area contributed by atoms with E-state index >= 15 is 0 Å². The van der Waals surface area contributed by atoms with Gasteiger partial charge in [0.05, 0.1) is 6.61 Å². The smallest absolute Gasteiger partial charge is 0.462 e. The molecule has 13 nitrogen and oxygen atoms in total. The lowest BCUT2D eigenvalue weighted by molar-refractivity contribution is -0.220. The van der Waals surface area contributed by atoms with Crippen LogP contribution in [0.4, 0.5) is 0 Å². The molecule has 0 heterocycles. The molecule has 6 unspecified atom stereocenters. The molecule has 1 rings (SSSR count). The molecule has 6 N–H and O–H groups in total. The summed E-state index contributed by atoms with van der Waals surface area (Å²) in [5.74, 6) is -1.09. The van der Waals surface area contributed by atoms with Crippen LogP contribution in [0.2, 0.25) is 0 Å². The second-order valence-corrected chi connectivity index (χ2v) is 19.4. The fraction of sp³-hybridized carbons (Fsp3) is 0.918. The van der Waals surface area contributed by atoms with Gasteiger partial charge in [-0.2, -0.15) is 0 Å². The molecule has 1 aliphatic carbocycles. The number of ether oxygens (including phenoxy) is 2. The van der Waals surface area contributed by atoms with Crippen molar-refractivity contribution >= 4 is 19.8 Å². The molecule has 0 amide bonds. The van der Waals surface area contributed by atoms with Gasteiger partial charge in [-0.15, -0.1) is 0 Å². The first-order valence-corrected chi connectivity index (χ1v) is 27.0. The summed E-state index contributed by atoms with van der Waals surface area (Å²) in [6.07, 6.45) is 29.7. The number of unbranched alkanes of at least 4 members (excludes halogenated alkanes) is 29. The quantitative estimate of drug-likeness (QED) is 0.0146. The van der Waals surface area contributed by atoms with E-state index in [1.165, 1.54) is 141 Å². The Hall–Kier alpha value is -1.41. The van der Waals surface area contributed by atoms with Crippen LogP contribution in [0.3, 0.4) is 0 Å². The topological polar surface area (TPSA) is 210 Å². The molecular formula is C49H93O13P. The lowest BCUT2D eigenvalue weighted by Crippen LogP contribution is -2.64. The third kappa shape index (κ3) is 32.0. The standard InChI is InChI=1S/C49H93O13P/c1-3-5-7-9-11-13-15-17-19-21-23-25-27-29-31-33-35-37-42(50)59-39-41(40-60-63(57,58)62-49-47(55)45(53)44(52)46(54)48(49)56)61-43(51)38-36-34-32-30-28-26-24-22-20-18-16-14-12-10-8-6-4-2/h17,19,41,44-49,52-56H,3-16,18,20-40H2,1-2H3,(H,57,58)/b19-17-/t41-,44?,45-,46?,47?,48?,49?/m1/s1. The van der Waals surface area contributed by atoms with Crippen LogP contribution in [0.25, 0.3) is 0 Å². The van der Waals surface area contributed by atoms with Gasteiger partial charge in [0.1, 0.15) is 43.2 Å². The third-order valence-electron chi connectivity index (χ3n) is 12.1. The fourth-order valence-electron chi connectivity index (χ4n) is 7.99. The van der Waals surface area contributed by atoms with Crippen LogP contribution in [0, 0.1) is 0 Å². The molecule has 63 heavy (non-hydrogen) atoms. The highest BCUT2D eigenvalue weighted by Crippen LogP contribution is 2.47. The molecule has 1 fully saturated rings. The Bertz CT molecular complexity index is 1160. The van der Waals surface area contributed by atoms with Gasteiger partial charge in [0.15, 0.2) is 6.10 Å². The van der Waals surface area contributed by atoms with E-state index in [0.29, 0.717) is 12.8 Å². The molecule has 0 spiro atoms. The van der Waals surface area contributed by atoms with Crippen LogP contribution in [0.1, 0.15) is 232 Å². The van der Waals surface area contributed by atoms with Crippen molar-refractivity contribution in [2.75, 3.05) is 13.2 Å². The Morgan fingerprint density at radius 3 is 1.21 bits per heavy atom. The molecule has 0 aromatic carbocycles. The molecule has 0 aromatic rings. The fourth-order valence-corrected chi connectivity index (χ4v) is 8.96. The summed E-state index contributed by atoms with van der Waals surface area (Å²) in [6.45, 7) is 3.33. The zero-order valence-corrected chi connectivity index (χ0v) is 40.5. The zero-order chi connectivity index (χ0) is 46.4. The van der Waals surface area contributed by atoms with Crippen molar-refractivity contribution < 1.29 is 63.1 Å². The predicted molar refractivity (Wildman–Crippen MR) is 249 cm³/mol. The molecule has 0 radical (unpaired) electrons. The Balaban J connectivity index is 2.40. The van der Waals surface area contributed by atoms with E-state index < -0.39 is 75.7 Å². The number of phosphoric acid groups is 1. The van der Waals surface area contributed by atoms with Crippen LogP contribution in [0.15, 0.2) is 12.2 Å². The number of carbonyl (C=O) groups is 2. The van der Waals surface area contributed by atoms with Gasteiger partial charge in [-0.1, -0.05) is 193 Å². The third-order valence-corrected chi connectivity index (χ3v) is 13.1. The second-order valence-electron chi connectivity index (χ2n) is 18.0. The molecule has 1 aliphatic rings. The van der Waals surface area contributed by atoms with Crippen LogP contribution in [-0.2, 0) is 32.7 Å². The van der Waals surface area contributed by atoms with Crippen LogP contribution >= 0.6 is 7.82 Å². The van der Waals surface area contributed by atoms with Gasteiger partial charge in [-0.05, 0) is 38.5 Å². The summed E-state index contributed by atoms with van der Waals surface area (Å²) in [5, 5.41) is 50.2. The second kappa shape index (κ2) is 39.7. The number of hydrogen-bond acceptors (Lipinski definition) is 12. The van der Waals surface area contributed by atoms with Crippen LogP contribution < -0.4 is 0 Å². The van der Waals surface area contributed by atoms with Gasteiger partial charge in [-0.25, -0.2) is 4.57 Å². The van der Waals surface area contributed by atoms with Crippen molar-refractivity contribution in [3.05, 3.63) is 12.2 Å². The van der Waals surface area contributed by atoms with Crippen LogP contribution in [0.5, 0.6) is 0 Å². The zero-order valence-electron chi connectivity index (χ0n) is 39.6. The summed E-state index contributed by atoms with van der Waals surface area (Å²) in [4.78, 5) is 35.8. The van der Waals surface area contributed by atoms with E-state index in [2.05, 4.69) is 26.0 Å². The number of aliphatic hydroxyl groups is 5. The minimum atomic E-state index is -5.12. The molecule has 372 valence electrons.